The van der Waals surface area contributed by atoms with Crippen molar-refractivity contribution in [2.75, 3.05) is 23.4 Å². The molecule has 0 radical (unpaired) electrons. The summed E-state index contributed by atoms with van der Waals surface area (Å²) >= 11 is 1.06. The Hall–Kier alpha value is -3.33. The first-order valence-corrected chi connectivity index (χ1v) is 9.79. The third kappa shape index (κ3) is 4.09. The van der Waals surface area contributed by atoms with Gasteiger partial charge >= 0.3 is 5.97 Å². The summed E-state index contributed by atoms with van der Waals surface area (Å²) in [5.74, 6) is -1.76. The number of carbonyl (C=O) groups is 3. The number of esters is 1. The fourth-order valence-electron chi connectivity index (χ4n) is 3.19. The predicted octanol–water partition coefficient (Wildman–Crippen LogP) is 3.26. The predicted molar refractivity (Wildman–Crippen MR) is 109 cm³/mol. The molecule has 1 saturated heterocycles. The number of fused-ring (bicyclic) bond motifs is 1. The number of nitrogens with zero attached hydrogens (tertiary/aromatic N) is 3. The highest BCUT2D eigenvalue weighted by molar-refractivity contribution is 7.58. The first-order chi connectivity index (χ1) is 14.0. The molecule has 0 bridgehead atoms. The van der Waals surface area contributed by atoms with E-state index in [9.17, 15) is 14.4 Å². The van der Waals surface area contributed by atoms with Crippen molar-refractivity contribution in [2.24, 2.45) is 14.6 Å². The van der Waals surface area contributed by atoms with Crippen molar-refractivity contribution in [3.63, 3.8) is 0 Å². The van der Waals surface area contributed by atoms with Crippen molar-refractivity contribution in [1.29, 1.82) is 0 Å². The van der Waals surface area contributed by atoms with Gasteiger partial charge in [0.1, 0.15) is 11.4 Å². The Kier molecular flexibility index (Phi) is 5.22. The summed E-state index contributed by atoms with van der Waals surface area (Å²) in [7, 11) is 0. The fourth-order valence-corrected chi connectivity index (χ4v) is 3.74. The summed E-state index contributed by atoms with van der Waals surface area (Å²) in [4.78, 5) is 38.4. The van der Waals surface area contributed by atoms with Crippen molar-refractivity contribution in [1.82, 2.24) is 0 Å². The molecule has 2 amide bonds. The number of hydrogen-bond donors (Lipinski definition) is 1. The van der Waals surface area contributed by atoms with Gasteiger partial charge < -0.3 is 15.0 Å². The van der Waals surface area contributed by atoms with Crippen LogP contribution in [0.15, 0.2) is 51.2 Å². The van der Waals surface area contributed by atoms with Gasteiger partial charge in [-0.1, -0.05) is 23.8 Å². The number of amides is 2. The van der Waals surface area contributed by atoms with Crippen molar-refractivity contribution >= 4 is 51.9 Å². The molecule has 9 heteroatoms. The van der Waals surface area contributed by atoms with Crippen molar-refractivity contribution in [3.8, 4) is 0 Å². The van der Waals surface area contributed by atoms with Gasteiger partial charge in [-0.3, -0.25) is 14.4 Å². The summed E-state index contributed by atoms with van der Waals surface area (Å²) in [6, 6.07) is 12.8. The number of anilines is 2. The first kappa shape index (κ1) is 19.0. The van der Waals surface area contributed by atoms with E-state index in [1.807, 2.05) is 31.2 Å². The number of ether oxygens (including phenoxy) is 1. The molecule has 29 heavy (non-hydrogen) atoms. The monoisotopic (exact) mass is 410 g/mol. The van der Waals surface area contributed by atoms with E-state index in [1.165, 1.54) is 0 Å². The smallest absolute Gasteiger partial charge is 0.311 e. The van der Waals surface area contributed by atoms with Crippen LogP contribution in [0.2, 0.25) is 0 Å². The lowest BCUT2D eigenvalue weighted by Crippen LogP contribution is -2.28. The van der Waals surface area contributed by atoms with Gasteiger partial charge in [0, 0.05) is 18.7 Å². The zero-order valence-corrected chi connectivity index (χ0v) is 16.4. The molecule has 2 aliphatic rings. The largest absolute Gasteiger partial charge is 0.455 e. The normalized spacial score (nSPS) is 17.1. The van der Waals surface area contributed by atoms with Crippen LogP contribution in [0.1, 0.15) is 12.0 Å². The third-order valence-electron chi connectivity index (χ3n) is 4.71. The highest BCUT2D eigenvalue weighted by Gasteiger charge is 2.36. The van der Waals surface area contributed by atoms with Crippen LogP contribution in [0.5, 0.6) is 0 Å². The maximum atomic E-state index is 12.3. The lowest BCUT2D eigenvalue weighted by atomic mass is 10.1. The van der Waals surface area contributed by atoms with Crippen LogP contribution in [0.4, 0.5) is 22.7 Å². The lowest BCUT2D eigenvalue weighted by Gasteiger charge is -2.16. The van der Waals surface area contributed by atoms with Gasteiger partial charge in [-0.05, 0) is 31.2 Å². The number of aryl methyl sites for hydroxylation is 1. The molecule has 2 heterocycles. The van der Waals surface area contributed by atoms with Gasteiger partial charge in [0.15, 0.2) is 6.61 Å². The minimum atomic E-state index is -0.595. The molecule has 148 valence electrons. The Morgan fingerprint density at radius 2 is 2.00 bits per heavy atom. The zero-order valence-electron chi connectivity index (χ0n) is 15.6. The molecule has 2 aromatic rings. The summed E-state index contributed by atoms with van der Waals surface area (Å²) in [5.41, 5.74) is 3.63. The standard InChI is InChI=1S/C20H18N4O4S/c1-12-5-7-14(8-6-12)24-10-13(9-18(24)26)20(27)28-11-17(25)21-15-3-2-4-16-19(15)23-29-22-16/h2-8,13H,9-11H2,1H3,(H,21,25)/t13-/m1/s1. The average molecular weight is 410 g/mol. The van der Waals surface area contributed by atoms with E-state index in [2.05, 4.69) is 14.0 Å². The molecule has 1 N–H and O–H groups in total. The topological polar surface area (TPSA) is 100 Å². The van der Waals surface area contributed by atoms with Gasteiger partial charge in [0.05, 0.1) is 23.0 Å². The average Bonchev–Trinajstić information content (AvgIpc) is 3.34. The molecular formula is C20H18N4O4S. The molecule has 4 rings (SSSR count). The minimum absolute atomic E-state index is 0.0676. The Morgan fingerprint density at radius 3 is 2.79 bits per heavy atom. The van der Waals surface area contributed by atoms with E-state index >= 15 is 0 Å². The summed E-state index contributed by atoms with van der Waals surface area (Å²) in [6.45, 7) is 1.78. The molecule has 0 aromatic heterocycles. The molecule has 2 aliphatic heterocycles. The number of benzene rings is 2. The van der Waals surface area contributed by atoms with E-state index < -0.39 is 24.4 Å². The fraction of sp³-hybridized carbons (Fsp3) is 0.250. The summed E-state index contributed by atoms with van der Waals surface area (Å²) < 4.78 is 13.4. The van der Waals surface area contributed by atoms with Crippen LogP contribution in [-0.2, 0) is 30.5 Å². The Labute approximate surface area is 170 Å². The number of carbonyl (C=O) groups excluding carboxylic acids is 3. The number of rotatable bonds is 5. The molecular weight excluding hydrogens is 392 g/mol. The van der Waals surface area contributed by atoms with Crippen LogP contribution >= 0.6 is 0 Å². The molecule has 0 spiro atoms. The molecule has 0 aliphatic carbocycles. The highest BCUT2D eigenvalue weighted by Crippen LogP contribution is 2.38. The van der Waals surface area contributed by atoms with Crippen LogP contribution in [-0.4, -0.2) is 30.9 Å². The molecule has 1 fully saturated rings. The Morgan fingerprint density at radius 1 is 1.21 bits per heavy atom. The van der Waals surface area contributed by atoms with Crippen LogP contribution < -0.4 is 10.2 Å². The molecule has 0 saturated carbocycles. The third-order valence-corrected chi connectivity index (χ3v) is 5.25. The molecule has 2 aromatic carbocycles. The van der Waals surface area contributed by atoms with Crippen molar-refractivity contribution in [3.05, 3.63) is 48.0 Å². The van der Waals surface area contributed by atoms with E-state index in [0.717, 1.165) is 22.6 Å². The number of nitrogens with one attached hydrogen (secondary N) is 1. The van der Waals surface area contributed by atoms with E-state index in [4.69, 9.17) is 4.74 Å². The van der Waals surface area contributed by atoms with Gasteiger partial charge in [0.25, 0.3) is 5.91 Å². The van der Waals surface area contributed by atoms with E-state index in [0.29, 0.717) is 17.1 Å². The van der Waals surface area contributed by atoms with E-state index in [1.54, 1.807) is 23.1 Å². The maximum Gasteiger partial charge on any atom is 0.311 e. The first-order valence-electron chi connectivity index (χ1n) is 9.06. The van der Waals surface area contributed by atoms with Gasteiger partial charge in [-0.2, -0.15) is 8.73 Å². The molecule has 8 nitrogen and oxygen atoms in total. The van der Waals surface area contributed by atoms with Crippen LogP contribution in [0.3, 0.4) is 0 Å². The zero-order chi connectivity index (χ0) is 20.4. The van der Waals surface area contributed by atoms with Gasteiger partial charge in [-0.15, -0.1) is 0 Å². The minimum Gasteiger partial charge on any atom is -0.455 e. The molecule has 1 atom stereocenters. The van der Waals surface area contributed by atoms with Gasteiger partial charge in [-0.25, -0.2) is 0 Å². The second kappa shape index (κ2) is 7.96. The van der Waals surface area contributed by atoms with Crippen molar-refractivity contribution in [2.45, 2.75) is 13.3 Å². The summed E-state index contributed by atoms with van der Waals surface area (Å²) in [6.07, 6.45) is 0.0676. The number of hydrogen-bond acceptors (Lipinski definition) is 6. The van der Waals surface area contributed by atoms with Gasteiger partial charge in [0.2, 0.25) is 5.91 Å². The lowest BCUT2D eigenvalue weighted by molar-refractivity contribution is -0.151. The second-order valence-corrected chi connectivity index (χ2v) is 7.36. The van der Waals surface area contributed by atoms with Crippen molar-refractivity contribution < 1.29 is 19.1 Å². The molecule has 0 unspecified atom stereocenters. The van der Waals surface area contributed by atoms with Crippen LogP contribution in [0.25, 0.3) is 0 Å². The Balaban J connectivity index is 1.31. The Bertz CT molecular complexity index is 1060. The highest BCUT2D eigenvalue weighted by atomic mass is 32.1. The van der Waals surface area contributed by atoms with E-state index in [-0.39, 0.29) is 18.9 Å². The van der Waals surface area contributed by atoms with Crippen LogP contribution in [0, 0.1) is 12.8 Å². The quantitative estimate of drug-likeness (QED) is 0.653. The summed E-state index contributed by atoms with van der Waals surface area (Å²) in [5, 5.41) is 2.68. The second-order valence-electron chi connectivity index (χ2n) is 6.83. The maximum absolute atomic E-state index is 12.3. The SMILES string of the molecule is Cc1ccc(N2C[C@H](C(=O)OCC(=O)Nc3cccc4c3N=S=N4)CC2=O)cc1.